The molecular weight excluding hydrogens is 284 g/mol. The van der Waals surface area contributed by atoms with Gasteiger partial charge in [0.1, 0.15) is 0 Å². The summed E-state index contributed by atoms with van der Waals surface area (Å²) in [6.45, 7) is 9.84. The van der Waals surface area contributed by atoms with E-state index in [4.69, 9.17) is 0 Å². The largest absolute Gasteiger partial charge is 0.367 e. The molecule has 2 rings (SSSR count). The lowest BCUT2D eigenvalue weighted by atomic mass is 10.1. The molecule has 0 radical (unpaired) electrons. The van der Waals surface area contributed by atoms with Crippen LogP contribution in [0.15, 0.2) is 18.2 Å². The van der Waals surface area contributed by atoms with Crippen LogP contribution >= 0.6 is 0 Å². The van der Waals surface area contributed by atoms with Gasteiger partial charge in [0.2, 0.25) is 0 Å². The highest BCUT2D eigenvalue weighted by Crippen LogP contribution is 2.24. The zero-order valence-corrected chi connectivity index (χ0v) is 14.2. The third-order valence-electron chi connectivity index (χ3n) is 4.03. The number of aryl methyl sites for hydroxylation is 1. The van der Waals surface area contributed by atoms with E-state index in [2.05, 4.69) is 49.2 Å². The lowest BCUT2D eigenvalue weighted by Gasteiger charge is -2.35. The number of nitrogens with one attached hydrogen (secondary N) is 1. The van der Waals surface area contributed by atoms with Crippen LogP contribution < -0.4 is 10.2 Å². The van der Waals surface area contributed by atoms with Gasteiger partial charge in [-0.15, -0.1) is 0 Å². The van der Waals surface area contributed by atoms with Gasteiger partial charge < -0.3 is 10.2 Å². The molecule has 0 saturated carbocycles. The van der Waals surface area contributed by atoms with Gasteiger partial charge >= 0.3 is 0 Å². The van der Waals surface area contributed by atoms with E-state index in [0.29, 0.717) is 12.6 Å². The summed E-state index contributed by atoms with van der Waals surface area (Å²) in [6.07, 6.45) is 0. The van der Waals surface area contributed by atoms with E-state index in [-0.39, 0.29) is 17.5 Å². The lowest BCUT2D eigenvalue weighted by molar-refractivity contribution is 0.568. The summed E-state index contributed by atoms with van der Waals surface area (Å²) in [4.78, 5) is 2.20. The molecule has 1 saturated heterocycles. The Kier molecular flexibility index (Phi) is 4.94. The number of benzene rings is 1. The molecule has 1 unspecified atom stereocenters. The molecule has 0 spiro atoms. The van der Waals surface area contributed by atoms with Crippen molar-refractivity contribution in [2.45, 2.75) is 46.3 Å². The number of nitrogens with zero attached hydrogens (tertiary/aromatic N) is 1. The molecule has 1 atom stereocenters. The number of hydrogen-bond donors (Lipinski definition) is 1. The van der Waals surface area contributed by atoms with Gasteiger partial charge in [-0.25, -0.2) is 8.42 Å². The Labute approximate surface area is 128 Å². The molecule has 21 heavy (non-hydrogen) atoms. The van der Waals surface area contributed by atoms with Gasteiger partial charge in [0, 0.05) is 30.9 Å². The third kappa shape index (κ3) is 4.20. The van der Waals surface area contributed by atoms with Gasteiger partial charge in [-0.05, 0) is 37.1 Å². The predicted molar refractivity (Wildman–Crippen MR) is 88.6 cm³/mol. The highest BCUT2D eigenvalue weighted by molar-refractivity contribution is 7.91. The highest BCUT2D eigenvalue weighted by atomic mass is 32.2. The lowest BCUT2D eigenvalue weighted by Crippen LogP contribution is -2.47. The molecular formula is C16H26N2O2S. The fraction of sp³-hybridized carbons (Fsp3) is 0.625. The number of hydrogen-bond acceptors (Lipinski definition) is 4. The van der Waals surface area contributed by atoms with Gasteiger partial charge in [-0.1, -0.05) is 19.9 Å². The molecule has 1 aromatic rings. The molecule has 118 valence electrons. The average Bonchev–Trinajstić information content (AvgIpc) is 2.36. The first kappa shape index (κ1) is 16.3. The van der Waals surface area contributed by atoms with Crippen LogP contribution in [0.25, 0.3) is 0 Å². The van der Waals surface area contributed by atoms with Crippen molar-refractivity contribution in [1.82, 2.24) is 5.32 Å². The van der Waals surface area contributed by atoms with E-state index in [1.54, 1.807) is 0 Å². The molecule has 0 amide bonds. The summed E-state index contributed by atoms with van der Waals surface area (Å²) in [5.41, 5.74) is 3.68. The van der Waals surface area contributed by atoms with E-state index in [9.17, 15) is 8.42 Å². The van der Waals surface area contributed by atoms with Gasteiger partial charge in [-0.3, -0.25) is 0 Å². The van der Waals surface area contributed by atoms with Gasteiger partial charge in [0.05, 0.1) is 11.5 Å². The summed E-state index contributed by atoms with van der Waals surface area (Å²) >= 11 is 0. The van der Waals surface area contributed by atoms with E-state index >= 15 is 0 Å². The van der Waals surface area contributed by atoms with Gasteiger partial charge in [0.25, 0.3) is 0 Å². The zero-order chi connectivity index (χ0) is 15.6. The minimum atomic E-state index is -2.86. The second-order valence-corrected chi connectivity index (χ2v) is 8.53. The van der Waals surface area contributed by atoms with Crippen molar-refractivity contribution in [1.29, 1.82) is 0 Å². The summed E-state index contributed by atoms with van der Waals surface area (Å²) < 4.78 is 23.3. The van der Waals surface area contributed by atoms with Gasteiger partial charge in [-0.2, -0.15) is 0 Å². The molecule has 1 fully saturated rings. The van der Waals surface area contributed by atoms with Crippen LogP contribution in [0.2, 0.25) is 0 Å². The molecule has 0 aliphatic carbocycles. The van der Waals surface area contributed by atoms with Gasteiger partial charge in [0.15, 0.2) is 9.84 Å². The first-order valence-corrected chi connectivity index (χ1v) is 9.40. The maximum atomic E-state index is 11.7. The predicted octanol–water partition coefficient (Wildman–Crippen LogP) is 2.12. The first-order valence-electron chi connectivity index (χ1n) is 7.58. The summed E-state index contributed by atoms with van der Waals surface area (Å²) in [5, 5.41) is 3.43. The van der Waals surface area contributed by atoms with Crippen LogP contribution in [0.4, 0.5) is 5.69 Å². The quantitative estimate of drug-likeness (QED) is 0.925. The van der Waals surface area contributed by atoms with Crippen molar-refractivity contribution < 1.29 is 8.42 Å². The molecule has 1 aliphatic rings. The van der Waals surface area contributed by atoms with Crippen LogP contribution in [0.3, 0.4) is 0 Å². The monoisotopic (exact) mass is 310 g/mol. The fourth-order valence-corrected chi connectivity index (χ4v) is 4.31. The first-order chi connectivity index (χ1) is 9.78. The Morgan fingerprint density at radius 3 is 2.67 bits per heavy atom. The van der Waals surface area contributed by atoms with Crippen LogP contribution in [-0.2, 0) is 16.4 Å². The number of sulfone groups is 1. The van der Waals surface area contributed by atoms with Crippen molar-refractivity contribution in [3.05, 3.63) is 29.3 Å². The minimum absolute atomic E-state index is 0.0442. The van der Waals surface area contributed by atoms with Crippen LogP contribution in [0.1, 0.15) is 31.9 Å². The smallest absolute Gasteiger partial charge is 0.154 e. The molecule has 1 N–H and O–H groups in total. The molecule has 1 heterocycles. The summed E-state index contributed by atoms with van der Waals surface area (Å²) in [7, 11) is -2.86. The van der Waals surface area contributed by atoms with E-state index < -0.39 is 9.84 Å². The molecule has 0 aromatic heterocycles. The number of rotatable bonds is 4. The maximum Gasteiger partial charge on any atom is 0.154 e. The summed E-state index contributed by atoms with van der Waals surface area (Å²) in [5.74, 6) is 0.510. The SMILES string of the molecule is Cc1cc(N2CCS(=O)(=O)CC2C)ccc1CNC(C)C. The molecule has 1 aliphatic heterocycles. The van der Waals surface area contributed by atoms with Crippen molar-refractivity contribution in [2.75, 3.05) is 23.0 Å². The second-order valence-electron chi connectivity index (χ2n) is 6.30. The molecule has 0 bridgehead atoms. The third-order valence-corrected chi connectivity index (χ3v) is 5.82. The Balaban J connectivity index is 2.13. The Bertz CT molecular complexity index is 596. The fourth-order valence-electron chi connectivity index (χ4n) is 2.75. The minimum Gasteiger partial charge on any atom is -0.367 e. The van der Waals surface area contributed by atoms with E-state index in [1.807, 2.05) is 6.92 Å². The molecule has 1 aromatic carbocycles. The highest BCUT2D eigenvalue weighted by Gasteiger charge is 2.28. The van der Waals surface area contributed by atoms with Crippen LogP contribution in [0.5, 0.6) is 0 Å². The normalized spacial score (nSPS) is 21.8. The zero-order valence-electron chi connectivity index (χ0n) is 13.4. The second kappa shape index (κ2) is 6.36. The van der Waals surface area contributed by atoms with Crippen LogP contribution in [0, 0.1) is 6.92 Å². The maximum absolute atomic E-state index is 11.7. The van der Waals surface area contributed by atoms with Crippen molar-refractivity contribution in [3.63, 3.8) is 0 Å². The van der Waals surface area contributed by atoms with E-state index in [0.717, 1.165) is 12.2 Å². The Morgan fingerprint density at radius 2 is 2.10 bits per heavy atom. The standard InChI is InChI=1S/C16H26N2O2S/c1-12(2)17-10-15-5-6-16(9-13(15)3)18-7-8-21(19,20)11-14(18)4/h5-6,9,12,14,17H,7-8,10-11H2,1-4H3. The molecule has 5 heteroatoms. The Hall–Kier alpha value is -1.07. The average molecular weight is 310 g/mol. The van der Waals surface area contributed by atoms with Crippen LogP contribution in [-0.4, -0.2) is 38.6 Å². The van der Waals surface area contributed by atoms with Crippen molar-refractivity contribution >= 4 is 15.5 Å². The number of anilines is 1. The Morgan fingerprint density at radius 1 is 1.38 bits per heavy atom. The topological polar surface area (TPSA) is 49.4 Å². The summed E-state index contributed by atoms with van der Waals surface area (Å²) in [6, 6.07) is 6.94. The van der Waals surface area contributed by atoms with E-state index in [1.165, 1.54) is 11.1 Å². The van der Waals surface area contributed by atoms with Crippen molar-refractivity contribution in [2.24, 2.45) is 0 Å². The van der Waals surface area contributed by atoms with Crippen molar-refractivity contribution in [3.8, 4) is 0 Å². The molecule has 4 nitrogen and oxygen atoms in total.